The van der Waals surface area contributed by atoms with Crippen molar-refractivity contribution in [1.29, 1.82) is 0 Å². The van der Waals surface area contributed by atoms with Crippen LogP contribution in [-0.2, 0) is 4.79 Å². The number of methoxy groups -OCH3 is 1. The number of aromatic nitrogens is 1. The van der Waals surface area contributed by atoms with Crippen LogP contribution in [0.5, 0.6) is 5.75 Å². The molecule has 0 atom stereocenters. The Labute approximate surface area is 121 Å². The molecule has 3 N–H and O–H groups in total. The molecule has 0 aliphatic heterocycles. The van der Waals surface area contributed by atoms with Crippen molar-refractivity contribution in [1.82, 2.24) is 4.98 Å². The van der Waals surface area contributed by atoms with Gasteiger partial charge in [0.25, 0.3) is 0 Å². The summed E-state index contributed by atoms with van der Waals surface area (Å²) in [5, 5.41) is 2.78. The molecule has 0 radical (unpaired) electrons. The lowest BCUT2D eigenvalue weighted by atomic mass is 10.2. The number of carbonyl (C=O) groups is 1. The number of rotatable bonds is 5. The van der Waals surface area contributed by atoms with E-state index in [1.807, 2.05) is 12.1 Å². The molecule has 0 spiro atoms. The summed E-state index contributed by atoms with van der Waals surface area (Å²) in [6.45, 7) is 0. The van der Waals surface area contributed by atoms with Crippen molar-refractivity contribution in [2.75, 3.05) is 23.9 Å². The van der Waals surface area contributed by atoms with Crippen LogP contribution in [0.15, 0.2) is 47.6 Å². The van der Waals surface area contributed by atoms with Crippen LogP contribution in [0, 0.1) is 0 Å². The van der Waals surface area contributed by atoms with Crippen LogP contribution in [0.25, 0.3) is 0 Å². The predicted octanol–water partition coefficient (Wildman–Crippen LogP) is 2.40. The van der Waals surface area contributed by atoms with E-state index in [1.165, 1.54) is 11.8 Å². The minimum absolute atomic E-state index is 0.108. The van der Waals surface area contributed by atoms with Gasteiger partial charge in [0.1, 0.15) is 5.75 Å². The molecule has 104 valence electrons. The van der Waals surface area contributed by atoms with Crippen LogP contribution >= 0.6 is 11.8 Å². The van der Waals surface area contributed by atoms with Gasteiger partial charge in [-0.1, -0.05) is 0 Å². The monoisotopic (exact) mass is 289 g/mol. The molecule has 0 aliphatic rings. The summed E-state index contributed by atoms with van der Waals surface area (Å²) in [5.41, 5.74) is 6.91. The highest BCUT2D eigenvalue weighted by Gasteiger charge is 2.07. The molecule has 0 aliphatic carbocycles. The standard InChI is InChI=1S/C14H15N3O2S/c1-19-10-2-3-13(12(15)8-10)17-14(18)9-20-11-4-6-16-7-5-11/h2-8H,9,15H2,1H3,(H,17,18). The highest BCUT2D eigenvalue weighted by Crippen LogP contribution is 2.24. The number of nitrogens with zero attached hydrogens (tertiary/aromatic N) is 1. The average Bonchev–Trinajstić information content (AvgIpc) is 2.48. The lowest BCUT2D eigenvalue weighted by Crippen LogP contribution is -2.15. The van der Waals surface area contributed by atoms with Crippen molar-refractivity contribution in [2.45, 2.75) is 4.90 Å². The Morgan fingerprint density at radius 1 is 1.35 bits per heavy atom. The summed E-state index contributed by atoms with van der Waals surface area (Å²) < 4.78 is 5.06. The number of nitrogens with one attached hydrogen (secondary N) is 1. The zero-order chi connectivity index (χ0) is 14.4. The van der Waals surface area contributed by atoms with Crippen LogP contribution in [0.1, 0.15) is 0 Å². The fourth-order valence-electron chi connectivity index (χ4n) is 1.55. The van der Waals surface area contributed by atoms with E-state index in [0.29, 0.717) is 22.9 Å². The van der Waals surface area contributed by atoms with Gasteiger partial charge in [-0.3, -0.25) is 9.78 Å². The zero-order valence-electron chi connectivity index (χ0n) is 11.0. The number of hydrogen-bond acceptors (Lipinski definition) is 5. The van der Waals surface area contributed by atoms with Gasteiger partial charge >= 0.3 is 0 Å². The predicted molar refractivity (Wildman–Crippen MR) is 81.0 cm³/mol. The molecule has 1 aromatic carbocycles. The molecular weight excluding hydrogens is 274 g/mol. The molecule has 1 heterocycles. The molecule has 0 saturated carbocycles. The van der Waals surface area contributed by atoms with Crippen LogP contribution < -0.4 is 15.8 Å². The molecule has 2 rings (SSSR count). The summed E-state index contributed by atoms with van der Waals surface area (Å²) in [4.78, 5) is 16.8. The van der Waals surface area contributed by atoms with E-state index in [4.69, 9.17) is 10.5 Å². The van der Waals surface area contributed by atoms with Gasteiger partial charge in [-0.25, -0.2) is 0 Å². The fourth-order valence-corrected chi connectivity index (χ4v) is 2.24. The quantitative estimate of drug-likeness (QED) is 0.653. The zero-order valence-corrected chi connectivity index (χ0v) is 11.8. The number of nitrogens with two attached hydrogens (primary N) is 1. The lowest BCUT2D eigenvalue weighted by Gasteiger charge is -2.09. The molecule has 0 bridgehead atoms. The van der Waals surface area contributed by atoms with Crippen LogP contribution in [-0.4, -0.2) is 23.8 Å². The van der Waals surface area contributed by atoms with Gasteiger partial charge in [-0.2, -0.15) is 0 Å². The second-order valence-corrected chi connectivity index (χ2v) is 5.02. The van der Waals surface area contributed by atoms with E-state index >= 15 is 0 Å². The number of nitrogen functional groups attached to an aromatic ring is 1. The molecule has 2 aromatic rings. The first-order chi connectivity index (χ1) is 9.69. The van der Waals surface area contributed by atoms with Crippen LogP contribution in [0.3, 0.4) is 0 Å². The van der Waals surface area contributed by atoms with E-state index < -0.39 is 0 Å². The minimum atomic E-state index is -0.108. The summed E-state index contributed by atoms with van der Waals surface area (Å²) in [6.07, 6.45) is 3.39. The molecule has 5 nitrogen and oxygen atoms in total. The number of benzene rings is 1. The Bertz CT molecular complexity index is 590. The van der Waals surface area contributed by atoms with E-state index in [1.54, 1.807) is 37.7 Å². The topological polar surface area (TPSA) is 77.2 Å². The third-order valence-electron chi connectivity index (χ3n) is 2.55. The molecule has 20 heavy (non-hydrogen) atoms. The number of pyridine rings is 1. The maximum Gasteiger partial charge on any atom is 0.234 e. The maximum absolute atomic E-state index is 11.9. The molecular formula is C14H15N3O2S. The molecule has 6 heteroatoms. The third-order valence-corrected chi connectivity index (χ3v) is 3.56. The van der Waals surface area contributed by atoms with Gasteiger partial charge in [-0.05, 0) is 24.3 Å². The van der Waals surface area contributed by atoms with Gasteiger partial charge in [0, 0.05) is 23.4 Å². The Hall–Kier alpha value is -2.21. The van der Waals surface area contributed by atoms with Gasteiger partial charge in [-0.15, -0.1) is 11.8 Å². The first kappa shape index (κ1) is 14.2. The Morgan fingerprint density at radius 2 is 2.10 bits per heavy atom. The average molecular weight is 289 g/mol. The second kappa shape index (κ2) is 6.81. The molecule has 0 saturated heterocycles. The Kier molecular flexibility index (Phi) is 4.84. The lowest BCUT2D eigenvalue weighted by molar-refractivity contribution is -0.113. The Morgan fingerprint density at radius 3 is 2.75 bits per heavy atom. The SMILES string of the molecule is COc1ccc(NC(=O)CSc2ccncc2)c(N)c1. The maximum atomic E-state index is 11.9. The number of anilines is 2. The minimum Gasteiger partial charge on any atom is -0.497 e. The third kappa shape index (κ3) is 3.89. The van der Waals surface area contributed by atoms with Crippen molar-refractivity contribution in [2.24, 2.45) is 0 Å². The highest BCUT2D eigenvalue weighted by atomic mass is 32.2. The normalized spacial score (nSPS) is 10.1. The van der Waals surface area contributed by atoms with Gasteiger partial charge in [0.05, 0.1) is 24.2 Å². The van der Waals surface area contributed by atoms with Crippen molar-refractivity contribution in [3.63, 3.8) is 0 Å². The van der Waals surface area contributed by atoms with E-state index in [0.717, 1.165) is 4.90 Å². The smallest absolute Gasteiger partial charge is 0.234 e. The summed E-state index contributed by atoms with van der Waals surface area (Å²) in [6, 6.07) is 8.87. The largest absolute Gasteiger partial charge is 0.497 e. The highest BCUT2D eigenvalue weighted by molar-refractivity contribution is 8.00. The number of ether oxygens (including phenoxy) is 1. The van der Waals surface area contributed by atoms with E-state index in [-0.39, 0.29) is 5.91 Å². The van der Waals surface area contributed by atoms with Gasteiger partial charge < -0.3 is 15.8 Å². The number of carbonyl (C=O) groups excluding carboxylic acids is 1. The van der Waals surface area contributed by atoms with Crippen LogP contribution in [0.2, 0.25) is 0 Å². The van der Waals surface area contributed by atoms with Crippen molar-refractivity contribution in [3.05, 3.63) is 42.7 Å². The first-order valence-corrected chi connectivity index (χ1v) is 6.94. The molecule has 0 unspecified atom stereocenters. The van der Waals surface area contributed by atoms with E-state index in [9.17, 15) is 4.79 Å². The fraction of sp³-hybridized carbons (Fsp3) is 0.143. The Balaban J connectivity index is 1.91. The molecule has 0 fully saturated rings. The summed E-state index contributed by atoms with van der Waals surface area (Å²) >= 11 is 1.44. The first-order valence-electron chi connectivity index (χ1n) is 5.95. The number of amides is 1. The second-order valence-electron chi connectivity index (χ2n) is 3.97. The van der Waals surface area contributed by atoms with Crippen LogP contribution in [0.4, 0.5) is 11.4 Å². The molecule has 1 aromatic heterocycles. The van der Waals surface area contributed by atoms with Gasteiger partial charge in [0.2, 0.25) is 5.91 Å². The van der Waals surface area contributed by atoms with Crippen molar-refractivity contribution < 1.29 is 9.53 Å². The number of thioether (sulfide) groups is 1. The van der Waals surface area contributed by atoms with Crippen molar-refractivity contribution in [3.8, 4) is 5.75 Å². The van der Waals surface area contributed by atoms with Crippen molar-refractivity contribution >= 4 is 29.0 Å². The molecule has 1 amide bonds. The van der Waals surface area contributed by atoms with E-state index in [2.05, 4.69) is 10.3 Å². The summed E-state index contributed by atoms with van der Waals surface area (Å²) in [5.74, 6) is 0.866. The van der Waals surface area contributed by atoms with Gasteiger partial charge in [0.15, 0.2) is 0 Å². The summed E-state index contributed by atoms with van der Waals surface area (Å²) in [7, 11) is 1.57. The number of hydrogen-bond donors (Lipinski definition) is 2.